The number of hydrogen-bond acceptors (Lipinski definition) is 4. The molecule has 2 N–H and O–H groups in total. The Labute approximate surface area is 140 Å². The van der Waals surface area contributed by atoms with Crippen LogP contribution in [0.1, 0.15) is 19.3 Å². The molecule has 2 aromatic rings. The van der Waals surface area contributed by atoms with Crippen LogP contribution in [0.15, 0.2) is 40.2 Å². The van der Waals surface area contributed by atoms with Crippen LogP contribution in [0, 0.1) is 5.92 Å². The number of aromatic amines is 1. The first-order valence-corrected chi connectivity index (χ1v) is 9.83. The molecule has 1 aliphatic carbocycles. The van der Waals surface area contributed by atoms with Crippen molar-refractivity contribution in [2.45, 2.75) is 30.2 Å². The highest BCUT2D eigenvalue weighted by Gasteiger charge is 2.34. The molecule has 24 heavy (non-hydrogen) atoms. The normalized spacial score (nSPS) is 22.2. The van der Waals surface area contributed by atoms with E-state index in [4.69, 9.17) is 0 Å². The zero-order valence-electron chi connectivity index (χ0n) is 13.4. The molecule has 1 saturated carbocycles. The zero-order chi connectivity index (χ0) is 16.7. The summed E-state index contributed by atoms with van der Waals surface area (Å²) < 4.78 is 27.6. The van der Waals surface area contributed by atoms with Gasteiger partial charge < -0.3 is 10.3 Å². The summed E-state index contributed by atoms with van der Waals surface area (Å²) in [5.74, 6) is 0.777. The third-order valence-electron chi connectivity index (χ3n) is 4.93. The van der Waals surface area contributed by atoms with Gasteiger partial charge in [-0.05, 0) is 37.8 Å². The van der Waals surface area contributed by atoms with Crippen molar-refractivity contribution in [1.29, 1.82) is 0 Å². The van der Waals surface area contributed by atoms with Crippen LogP contribution >= 0.6 is 0 Å². The van der Waals surface area contributed by atoms with Crippen LogP contribution in [0.5, 0.6) is 0 Å². The Morgan fingerprint density at radius 1 is 1.17 bits per heavy atom. The molecule has 2 heterocycles. The number of nitrogens with one attached hydrogen (secondary N) is 2. The van der Waals surface area contributed by atoms with Gasteiger partial charge >= 0.3 is 0 Å². The monoisotopic (exact) mass is 347 g/mol. The van der Waals surface area contributed by atoms with Gasteiger partial charge in [0.05, 0.1) is 0 Å². The third-order valence-corrected chi connectivity index (χ3v) is 6.84. The molecule has 1 aliphatic heterocycles. The molecule has 1 aromatic carbocycles. The molecule has 0 unspecified atom stereocenters. The number of hydrogen-bond donors (Lipinski definition) is 2. The largest absolute Gasteiger partial charge is 0.327 e. The summed E-state index contributed by atoms with van der Waals surface area (Å²) >= 11 is 0. The highest BCUT2D eigenvalue weighted by molar-refractivity contribution is 7.89. The van der Waals surface area contributed by atoms with Gasteiger partial charge in [0.25, 0.3) is 5.56 Å². The van der Waals surface area contributed by atoms with E-state index in [0.29, 0.717) is 23.9 Å². The van der Waals surface area contributed by atoms with E-state index in [1.54, 1.807) is 24.3 Å². The minimum Gasteiger partial charge on any atom is -0.327 e. The van der Waals surface area contributed by atoms with Gasteiger partial charge in [0.2, 0.25) is 10.0 Å². The minimum absolute atomic E-state index is 0.181. The molecule has 4 rings (SSSR count). The molecule has 7 heteroatoms. The molecule has 2 fully saturated rings. The molecule has 0 bridgehead atoms. The average Bonchev–Trinajstić information content (AvgIpc) is 3.28. The molecule has 0 spiro atoms. The Bertz CT molecular complexity index is 918. The summed E-state index contributed by atoms with van der Waals surface area (Å²) in [5, 5.41) is 4.37. The maximum Gasteiger partial charge on any atom is 0.255 e. The number of pyridine rings is 1. The van der Waals surface area contributed by atoms with Gasteiger partial charge in [-0.3, -0.25) is 4.79 Å². The van der Waals surface area contributed by atoms with Crippen molar-refractivity contribution in [3.63, 3.8) is 0 Å². The van der Waals surface area contributed by atoms with E-state index >= 15 is 0 Å². The number of sulfonamides is 1. The van der Waals surface area contributed by atoms with Gasteiger partial charge in [-0.15, -0.1) is 0 Å². The van der Waals surface area contributed by atoms with Crippen molar-refractivity contribution in [1.82, 2.24) is 14.6 Å². The van der Waals surface area contributed by atoms with Gasteiger partial charge in [-0.25, -0.2) is 8.42 Å². The molecular weight excluding hydrogens is 326 g/mol. The lowest BCUT2D eigenvalue weighted by molar-refractivity contribution is 0.454. The van der Waals surface area contributed by atoms with Gasteiger partial charge in [0.1, 0.15) is 4.90 Å². The Morgan fingerprint density at radius 2 is 1.92 bits per heavy atom. The molecule has 1 aromatic heterocycles. The first-order chi connectivity index (χ1) is 11.6. The predicted molar refractivity (Wildman–Crippen MR) is 92.5 cm³/mol. The van der Waals surface area contributed by atoms with E-state index in [1.807, 2.05) is 0 Å². The number of aromatic nitrogens is 1. The fourth-order valence-electron chi connectivity index (χ4n) is 3.30. The standard InChI is InChI=1S/C17H21N3O3S/c21-17-15-4-2-1-3-14(15)16(10-19-17)24(22,23)20-8-7-13(11-20)18-9-12-5-6-12/h1-4,10,12-13,18H,5-9,11H2,(H,19,21)/t13-/m1/s1. The second-order valence-corrected chi connectivity index (χ2v) is 8.63. The second-order valence-electron chi connectivity index (χ2n) is 6.73. The summed E-state index contributed by atoms with van der Waals surface area (Å²) in [6.45, 7) is 1.99. The van der Waals surface area contributed by atoms with Crippen LogP contribution in [0.2, 0.25) is 0 Å². The third kappa shape index (κ3) is 2.87. The van der Waals surface area contributed by atoms with Crippen molar-refractivity contribution >= 4 is 20.8 Å². The minimum atomic E-state index is -3.61. The summed E-state index contributed by atoms with van der Waals surface area (Å²) in [6.07, 6.45) is 4.72. The van der Waals surface area contributed by atoms with E-state index in [1.165, 1.54) is 23.3 Å². The molecule has 6 nitrogen and oxygen atoms in total. The van der Waals surface area contributed by atoms with Crippen molar-refractivity contribution < 1.29 is 8.42 Å². The lowest BCUT2D eigenvalue weighted by atomic mass is 10.2. The lowest BCUT2D eigenvalue weighted by Crippen LogP contribution is -2.36. The number of benzene rings is 1. The Hall–Kier alpha value is -1.70. The van der Waals surface area contributed by atoms with E-state index in [9.17, 15) is 13.2 Å². The molecule has 1 saturated heterocycles. The lowest BCUT2D eigenvalue weighted by Gasteiger charge is -2.18. The van der Waals surface area contributed by atoms with Gasteiger partial charge in [0.15, 0.2) is 0 Å². The summed E-state index contributed by atoms with van der Waals surface area (Å²) in [6, 6.07) is 7.05. The molecule has 128 valence electrons. The summed E-state index contributed by atoms with van der Waals surface area (Å²) in [4.78, 5) is 14.6. The topological polar surface area (TPSA) is 82.3 Å². The van der Waals surface area contributed by atoms with E-state index < -0.39 is 10.0 Å². The Kier molecular flexibility index (Phi) is 3.94. The van der Waals surface area contributed by atoms with Crippen LogP contribution < -0.4 is 10.9 Å². The smallest absolute Gasteiger partial charge is 0.255 e. The van der Waals surface area contributed by atoms with Crippen LogP contribution in [0.3, 0.4) is 0 Å². The van der Waals surface area contributed by atoms with Gasteiger partial charge in [0, 0.05) is 36.1 Å². The van der Waals surface area contributed by atoms with E-state index in [0.717, 1.165) is 18.9 Å². The number of nitrogens with zero attached hydrogens (tertiary/aromatic N) is 1. The van der Waals surface area contributed by atoms with Crippen molar-refractivity contribution in [3.05, 3.63) is 40.8 Å². The average molecular weight is 347 g/mol. The Morgan fingerprint density at radius 3 is 2.67 bits per heavy atom. The molecule has 2 aliphatic rings. The Balaban J connectivity index is 1.61. The molecule has 0 amide bonds. The van der Waals surface area contributed by atoms with Crippen LogP contribution in [-0.4, -0.2) is 43.4 Å². The van der Waals surface area contributed by atoms with Crippen molar-refractivity contribution in [3.8, 4) is 0 Å². The van der Waals surface area contributed by atoms with E-state index in [2.05, 4.69) is 10.3 Å². The first-order valence-electron chi connectivity index (χ1n) is 8.39. The van der Waals surface area contributed by atoms with Crippen LogP contribution in [-0.2, 0) is 10.0 Å². The first kappa shape index (κ1) is 15.8. The highest BCUT2D eigenvalue weighted by atomic mass is 32.2. The zero-order valence-corrected chi connectivity index (χ0v) is 14.2. The quantitative estimate of drug-likeness (QED) is 0.854. The maximum atomic E-state index is 13.0. The number of fused-ring (bicyclic) bond motifs is 1. The number of H-pyrrole nitrogens is 1. The fraction of sp³-hybridized carbons (Fsp3) is 0.471. The summed E-state index contributed by atoms with van der Waals surface area (Å²) in [5.41, 5.74) is -0.269. The highest BCUT2D eigenvalue weighted by Crippen LogP contribution is 2.29. The van der Waals surface area contributed by atoms with Crippen molar-refractivity contribution in [2.24, 2.45) is 5.92 Å². The molecule has 0 radical (unpaired) electrons. The van der Waals surface area contributed by atoms with E-state index in [-0.39, 0.29) is 16.5 Å². The van der Waals surface area contributed by atoms with Gasteiger partial charge in [-0.2, -0.15) is 4.31 Å². The maximum absolute atomic E-state index is 13.0. The van der Waals surface area contributed by atoms with Crippen LogP contribution in [0.4, 0.5) is 0 Å². The van der Waals surface area contributed by atoms with Crippen molar-refractivity contribution in [2.75, 3.05) is 19.6 Å². The molecular formula is C17H21N3O3S. The predicted octanol–water partition coefficient (Wildman–Crippen LogP) is 1.29. The molecule has 1 atom stereocenters. The number of rotatable bonds is 5. The van der Waals surface area contributed by atoms with Crippen LogP contribution in [0.25, 0.3) is 10.8 Å². The van der Waals surface area contributed by atoms with Gasteiger partial charge in [-0.1, -0.05) is 18.2 Å². The fourth-order valence-corrected chi connectivity index (χ4v) is 4.97. The SMILES string of the molecule is O=c1[nH]cc(S(=O)(=O)N2CC[C@@H](NCC3CC3)C2)c2ccccc12. The second kappa shape index (κ2) is 5.98. The summed E-state index contributed by atoms with van der Waals surface area (Å²) in [7, 11) is -3.61.